The molecule has 1 heterocycles. The lowest BCUT2D eigenvalue weighted by atomic mass is 9.99. The summed E-state index contributed by atoms with van der Waals surface area (Å²) in [6, 6.07) is 18.1. The van der Waals surface area contributed by atoms with Crippen LogP contribution in [0.1, 0.15) is 34.9 Å². The molecular formula is C26H22F3N3O5. The number of hydrogen-bond acceptors (Lipinski definition) is 6. The maximum Gasteiger partial charge on any atom is 0.573 e. The highest BCUT2D eigenvalue weighted by Gasteiger charge is 2.31. The van der Waals surface area contributed by atoms with Gasteiger partial charge in [0.1, 0.15) is 17.8 Å². The number of carbonyl (C=O) groups is 2. The molecule has 1 aromatic heterocycles. The summed E-state index contributed by atoms with van der Waals surface area (Å²) in [6.45, 7) is 1.39. The summed E-state index contributed by atoms with van der Waals surface area (Å²) in [7, 11) is 0. The van der Waals surface area contributed by atoms with Crippen molar-refractivity contribution in [1.82, 2.24) is 15.6 Å². The van der Waals surface area contributed by atoms with Gasteiger partial charge in [-0.05, 0) is 47.5 Å². The Labute approximate surface area is 209 Å². The number of halogens is 3. The Balaban J connectivity index is 1.25. The topological polar surface area (TPSA) is 103 Å². The first-order chi connectivity index (χ1) is 17.7. The number of hydrogen-bond donors (Lipinski definition) is 2. The van der Waals surface area contributed by atoms with Crippen LogP contribution in [-0.2, 0) is 11.3 Å². The van der Waals surface area contributed by atoms with Crippen LogP contribution in [0.15, 0.2) is 77.4 Å². The van der Waals surface area contributed by atoms with Crippen molar-refractivity contribution in [3.05, 3.63) is 90.1 Å². The first-order valence-electron chi connectivity index (χ1n) is 11.2. The monoisotopic (exact) mass is 513 g/mol. The van der Waals surface area contributed by atoms with E-state index in [1.807, 2.05) is 49.4 Å². The van der Waals surface area contributed by atoms with Gasteiger partial charge in [-0.25, -0.2) is 4.98 Å². The number of amides is 2. The van der Waals surface area contributed by atoms with Gasteiger partial charge in [-0.1, -0.05) is 42.5 Å². The van der Waals surface area contributed by atoms with E-state index in [1.54, 1.807) is 0 Å². The maximum atomic E-state index is 12.7. The summed E-state index contributed by atoms with van der Waals surface area (Å²) < 4.78 is 50.9. The van der Waals surface area contributed by atoms with Crippen LogP contribution in [-0.4, -0.2) is 29.8 Å². The molecule has 4 aromatic rings. The Kier molecular flexibility index (Phi) is 7.61. The van der Waals surface area contributed by atoms with E-state index in [1.165, 1.54) is 18.4 Å². The molecule has 0 saturated heterocycles. The number of nitrogens with zero attached hydrogens (tertiary/aromatic N) is 1. The molecule has 3 aromatic carbocycles. The summed E-state index contributed by atoms with van der Waals surface area (Å²) in [5.74, 6) is -1.06. The van der Waals surface area contributed by atoms with Gasteiger partial charge in [0.2, 0.25) is 5.89 Å². The van der Waals surface area contributed by atoms with Crippen LogP contribution in [0.4, 0.5) is 13.2 Å². The fourth-order valence-corrected chi connectivity index (χ4v) is 3.58. The minimum absolute atomic E-state index is 0.0637. The van der Waals surface area contributed by atoms with E-state index in [0.29, 0.717) is 0 Å². The van der Waals surface area contributed by atoms with Crippen LogP contribution in [0, 0.1) is 0 Å². The van der Waals surface area contributed by atoms with Gasteiger partial charge < -0.3 is 24.5 Å². The number of alkyl halides is 3. The normalized spacial score (nSPS) is 12.1. The summed E-state index contributed by atoms with van der Waals surface area (Å²) in [5.41, 5.74) is 1.03. The van der Waals surface area contributed by atoms with Crippen molar-refractivity contribution in [2.75, 3.05) is 6.61 Å². The lowest BCUT2D eigenvalue weighted by Crippen LogP contribution is -2.29. The van der Waals surface area contributed by atoms with Crippen LogP contribution in [0.5, 0.6) is 11.5 Å². The first-order valence-corrected chi connectivity index (χ1v) is 11.2. The number of rotatable bonds is 9. The lowest BCUT2D eigenvalue weighted by molar-refractivity contribution is -0.274. The molecule has 4 rings (SSSR count). The lowest BCUT2D eigenvalue weighted by Gasteiger charge is -2.15. The number of benzene rings is 3. The van der Waals surface area contributed by atoms with Gasteiger partial charge in [0.15, 0.2) is 12.3 Å². The second-order valence-electron chi connectivity index (χ2n) is 7.97. The number of aromatic nitrogens is 1. The van der Waals surface area contributed by atoms with Gasteiger partial charge >= 0.3 is 6.36 Å². The molecule has 11 heteroatoms. The number of fused-ring (bicyclic) bond motifs is 1. The smallest absolute Gasteiger partial charge is 0.484 e. The van der Waals surface area contributed by atoms with E-state index >= 15 is 0 Å². The molecule has 0 radical (unpaired) electrons. The summed E-state index contributed by atoms with van der Waals surface area (Å²) in [5, 5.41) is 7.53. The van der Waals surface area contributed by atoms with Crippen LogP contribution in [0.3, 0.4) is 0 Å². The highest BCUT2D eigenvalue weighted by atomic mass is 19.4. The zero-order valence-electron chi connectivity index (χ0n) is 19.5. The van der Waals surface area contributed by atoms with Gasteiger partial charge in [-0.3, -0.25) is 9.59 Å². The number of nitrogens with one attached hydrogen (secondary N) is 2. The quantitative estimate of drug-likeness (QED) is 0.330. The van der Waals surface area contributed by atoms with Crippen molar-refractivity contribution >= 4 is 22.6 Å². The van der Waals surface area contributed by atoms with E-state index < -0.39 is 30.5 Å². The molecule has 0 fully saturated rings. The minimum Gasteiger partial charge on any atom is -0.484 e. The van der Waals surface area contributed by atoms with Crippen LogP contribution >= 0.6 is 0 Å². The second-order valence-corrected chi connectivity index (χ2v) is 7.97. The van der Waals surface area contributed by atoms with E-state index in [9.17, 15) is 22.8 Å². The van der Waals surface area contributed by atoms with E-state index in [4.69, 9.17) is 9.15 Å². The number of ether oxygens (including phenoxy) is 2. The Bertz CT molecular complexity index is 1380. The fourth-order valence-electron chi connectivity index (χ4n) is 3.58. The predicted molar refractivity (Wildman–Crippen MR) is 127 cm³/mol. The Morgan fingerprint density at radius 2 is 1.70 bits per heavy atom. The molecule has 1 unspecified atom stereocenters. The van der Waals surface area contributed by atoms with E-state index in [2.05, 4.69) is 20.4 Å². The molecule has 0 aliphatic rings. The fraction of sp³-hybridized carbons (Fsp3) is 0.192. The van der Waals surface area contributed by atoms with Gasteiger partial charge in [0.05, 0.1) is 12.6 Å². The van der Waals surface area contributed by atoms with Crippen molar-refractivity contribution < 1.29 is 36.7 Å². The Morgan fingerprint density at radius 1 is 1.00 bits per heavy atom. The molecular weight excluding hydrogens is 491 g/mol. The van der Waals surface area contributed by atoms with E-state index in [0.717, 1.165) is 28.5 Å². The van der Waals surface area contributed by atoms with Gasteiger partial charge in [-0.2, -0.15) is 0 Å². The third-order valence-corrected chi connectivity index (χ3v) is 5.29. The molecule has 37 heavy (non-hydrogen) atoms. The first kappa shape index (κ1) is 25.5. The Hall–Kier alpha value is -4.54. The van der Waals surface area contributed by atoms with Crippen LogP contribution in [0.25, 0.3) is 10.8 Å². The Morgan fingerprint density at radius 3 is 2.46 bits per heavy atom. The van der Waals surface area contributed by atoms with Crippen molar-refractivity contribution in [2.24, 2.45) is 0 Å². The van der Waals surface area contributed by atoms with Crippen molar-refractivity contribution in [1.29, 1.82) is 0 Å². The van der Waals surface area contributed by atoms with Crippen LogP contribution in [0.2, 0.25) is 0 Å². The second kappa shape index (κ2) is 11.0. The predicted octanol–water partition coefficient (Wildman–Crippen LogP) is 4.91. The molecule has 8 nitrogen and oxygen atoms in total. The van der Waals surface area contributed by atoms with Gasteiger partial charge in [-0.15, -0.1) is 13.2 Å². The molecule has 0 saturated carbocycles. The van der Waals surface area contributed by atoms with E-state index in [-0.39, 0.29) is 29.9 Å². The molecule has 2 N–H and O–H groups in total. The summed E-state index contributed by atoms with van der Waals surface area (Å²) >= 11 is 0. The van der Waals surface area contributed by atoms with Gasteiger partial charge in [0.25, 0.3) is 11.8 Å². The zero-order chi connectivity index (χ0) is 26.4. The SMILES string of the molecule is CC(NC(=O)c1coc(CNC(=O)COc2ccc(OC(F)(F)F)cc2)n1)c1cccc2ccccc12. The molecule has 192 valence electrons. The number of oxazole rings is 1. The highest BCUT2D eigenvalue weighted by Crippen LogP contribution is 2.25. The van der Waals surface area contributed by atoms with Crippen molar-refractivity contribution in [3.63, 3.8) is 0 Å². The maximum absolute atomic E-state index is 12.7. The third-order valence-electron chi connectivity index (χ3n) is 5.29. The molecule has 1 atom stereocenters. The van der Waals surface area contributed by atoms with Gasteiger partial charge in [0, 0.05) is 0 Å². The average Bonchev–Trinajstić information content (AvgIpc) is 3.35. The molecule has 0 spiro atoms. The highest BCUT2D eigenvalue weighted by molar-refractivity contribution is 5.93. The summed E-state index contributed by atoms with van der Waals surface area (Å²) in [6.07, 6.45) is -3.59. The largest absolute Gasteiger partial charge is 0.573 e. The number of carbonyl (C=O) groups excluding carboxylic acids is 2. The molecule has 0 aliphatic heterocycles. The van der Waals surface area contributed by atoms with Crippen LogP contribution < -0.4 is 20.1 Å². The molecule has 0 bridgehead atoms. The molecule has 2 amide bonds. The minimum atomic E-state index is -4.79. The van der Waals surface area contributed by atoms with Crippen molar-refractivity contribution in [2.45, 2.75) is 25.9 Å². The standard InChI is InChI=1S/C26H22F3N3O5/c1-16(20-8-4-6-17-5-2-3-7-21(17)20)31-25(34)22-14-36-24(32-22)13-30-23(33)15-35-18-9-11-19(12-10-18)37-26(27,28)29/h2-12,14,16H,13,15H2,1H3,(H,30,33)(H,31,34). The molecule has 0 aliphatic carbocycles. The van der Waals surface area contributed by atoms with Crippen molar-refractivity contribution in [3.8, 4) is 11.5 Å². The average molecular weight is 513 g/mol. The summed E-state index contributed by atoms with van der Waals surface area (Å²) in [4.78, 5) is 28.8. The third kappa shape index (κ3) is 7.00. The zero-order valence-corrected chi connectivity index (χ0v) is 19.5.